The van der Waals surface area contributed by atoms with Crippen LogP contribution in [0.5, 0.6) is 17.4 Å². The molecule has 2 aromatic heterocycles. The van der Waals surface area contributed by atoms with E-state index in [2.05, 4.69) is 10.1 Å². The van der Waals surface area contributed by atoms with E-state index < -0.39 is 11.7 Å². The summed E-state index contributed by atoms with van der Waals surface area (Å²) < 4.78 is 63.6. The summed E-state index contributed by atoms with van der Waals surface area (Å²) in [4.78, 5) is 4.57. The van der Waals surface area contributed by atoms with E-state index in [4.69, 9.17) is 18.6 Å². The Morgan fingerprint density at radius 3 is 2.42 bits per heavy atom. The average molecular weight is 592 g/mol. The van der Waals surface area contributed by atoms with Gasteiger partial charge in [0.05, 0.1) is 30.5 Å². The molecule has 0 atom stereocenters. The third kappa shape index (κ3) is 7.07. The fraction of sp³-hybridized carbons (Fsp3) is 0.188. The van der Waals surface area contributed by atoms with E-state index in [1.807, 2.05) is 43.3 Å². The topological polar surface area (TPSA) is 91.8 Å². The molecule has 0 aliphatic rings. The molecule has 2 heterocycles. The molecule has 0 aliphatic carbocycles. The molecule has 0 unspecified atom stereocenters. The van der Waals surface area contributed by atoms with E-state index in [0.29, 0.717) is 40.1 Å². The SMILES string of the molecule is COc1cc(COc2nn(-c3ccc(C(F)(F)F)cc3)cc2C=CCO)ccc1OCc1nc(-c2ccccc2)oc1C. The molecule has 5 rings (SSSR count). The number of aryl methyl sites for hydroxylation is 1. The molecule has 1 N–H and O–H groups in total. The van der Waals surface area contributed by atoms with Gasteiger partial charge in [-0.3, -0.25) is 0 Å². The first-order valence-corrected chi connectivity index (χ1v) is 13.2. The predicted octanol–water partition coefficient (Wildman–Crippen LogP) is 7.03. The molecule has 0 amide bonds. The molecule has 5 aromatic rings. The van der Waals surface area contributed by atoms with Gasteiger partial charge in [-0.25, -0.2) is 9.67 Å². The van der Waals surface area contributed by atoms with Crippen LogP contribution >= 0.6 is 0 Å². The molecule has 0 fully saturated rings. The van der Waals surface area contributed by atoms with Crippen LogP contribution in [0.15, 0.2) is 89.5 Å². The molecule has 0 bridgehead atoms. The van der Waals surface area contributed by atoms with Crippen LogP contribution < -0.4 is 14.2 Å². The zero-order valence-corrected chi connectivity index (χ0v) is 23.3. The lowest BCUT2D eigenvalue weighted by molar-refractivity contribution is -0.137. The number of benzene rings is 3. The van der Waals surface area contributed by atoms with Crippen molar-refractivity contribution in [2.45, 2.75) is 26.3 Å². The van der Waals surface area contributed by atoms with E-state index in [0.717, 1.165) is 23.3 Å². The van der Waals surface area contributed by atoms with Gasteiger partial charge in [-0.2, -0.15) is 13.2 Å². The van der Waals surface area contributed by atoms with Crippen molar-refractivity contribution in [1.82, 2.24) is 14.8 Å². The lowest BCUT2D eigenvalue weighted by Gasteiger charge is -2.12. The van der Waals surface area contributed by atoms with Gasteiger partial charge in [-0.15, -0.1) is 5.10 Å². The van der Waals surface area contributed by atoms with Crippen molar-refractivity contribution in [3.63, 3.8) is 0 Å². The van der Waals surface area contributed by atoms with Crippen molar-refractivity contribution in [2.75, 3.05) is 13.7 Å². The molecule has 0 aliphatic heterocycles. The van der Waals surface area contributed by atoms with Crippen LogP contribution in [0.3, 0.4) is 0 Å². The van der Waals surface area contributed by atoms with Crippen molar-refractivity contribution < 1.29 is 36.9 Å². The monoisotopic (exact) mass is 591 g/mol. The lowest BCUT2D eigenvalue weighted by atomic mass is 10.2. The fourth-order valence-corrected chi connectivity index (χ4v) is 4.20. The summed E-state index contributed by atoms with van der Waals surface area (Å²) in [6.07, 6.45) is 0.302. The minimum atomic E-state index is -4.44. The predicted molar refractivity (Wildman–Crippen MR) is 153 cm³/mol. The van der Waals surface area contributed by atoms with Crippen molar-refractivity contribution in [3.8, 4) is 34.5 Å². The van der Waals surface area contributed by atoms with Crippen LogP contribution in [0, 0.1) is 6.92 Å². The van der Waals surface area contributed by atoms with Crippen LogP contribution in [0.4, 0.5) is 13.2 Å². The van der Waals surface area contributed by atoms with Crippen LogP contribution in [0.25, 0.3) is 23.2 Å². The number of ether oxygens (including phenoxy) is 3. The highest BCUT2D eigenvalue weighted by Crippen LogP contribution is 2.32. The van der Waals surface area contributed by atoms with Crippen molar-refractivity contribution >= 4 is 6.08 Å². The number of nitrogens with zero attached hydrogens (tertiary/aromatic N) is 3. The summed E-state index contributed by atoms with van der Waals surface area (Å²) in [5.41, 5.74) is 2.50. The highest BCUT2D eigenvalue weighted by molar-refractivity contribution is 5.55. The maximum absolute atomic E-state index is 13.0. The zero-order chi connectivity index (χ0) is 30.4. The third-order valence-electron chi connectivity index (χ3n) is 6.45. The number of alkyl halides is 3. The van der Waals surface area contributed by atoms with Crippen LogP contribution in [0.1, 0.15) is 28.1 Å². The largest absolute Gasteiger partial charge is 0.493 e. The molecular weight excluding hydrogens is 563 g/mol. The highest BCUT2D eigenvalue weighted by atomic mass is 19.4. The maximum Gasteiger partial charge on any atom is 0.416 e. The minimum Gasteiger partial charge on any atom is -0.493 e. The van der Waals surface area contributed by atoms with E-state index in [-0.39, 0.29) is 25.7 Å². The summed E-state index contributed by atoms with van der Waals surface area (Å²) in [7, 11) is 1.53. The van der Waals surface area contributed by atoms with Crippen molar-refractivity contribution in [2.24, 2.45) is 0 Å². The molecule has 0 saturated carbocycles. The summed E-state index contributed by atoms with van der Waals surface area (Å²) in [6, 6.07) is 19.6. The third-order valence-corrected chi connectivity index (χ3v) is 6.45. The summed E-state index contributed by atoms with van der Waals surface area (Å²) in [5.74, 6) is 2.41. The van der Waals surface area contributed by atoms with Gasteiger partial charge in [0.15, 0.2) is 11.5 Å². The number of aromatic nitrogens is 3. The van der Waals surface area contributed by atoms with Crippen molar-refractivity contribution in [3.05, 3.63) is 113 Å². The number of hydrogen-bond donors (Lipinski definition) is 1. The number of oxazole rings is 1. The van der Waals surface area contributed by atoms with Gasteiger partial charge in [-0.05, 0) is 67.1 Å². The smallest absolute Gasteiger partial charge is 0.416 e. The molecule has 0 saturated heterocycles. The van der Waals surface area contributed by atoms with Gasteiger partial charge in [0.2, 0.25) is 11.8 Å². The Bertz CT molecular complexity index is 1690. The van der Waals surface area contributed by atoms with Crippen molar-refractivity contribution in [1.29, 1.82) is 0 Å². The summed E-state index contributed by atoms with van der Waals surface area (Å²) >= 11 is 0. The molecule has 8 nitrogen and oxygen atoms in total. The van der Waals surface area contributed by atoms with Gasteiger partial charge in [-0.1, -0.05) is 30.3 Å². The Morgan fingerprint density at radius 2 is 1.72 bits per heavy atom. The molecule has 11 heteroatoms. The fourth-order valence-electron chi connectivity index (χ4n) is 4.20. The second-order valence-corrected chi connectivity index (χ2v) is 9.41. The Kier molecular flexibility index (Phi) is 8.82. The number of halogens is 3. The van der Waals surface area contributed by atoms with Gasteiger partial charge in [0, 0.05) is 11.8 Å². The van der Waals surface area contributed by atoms with E-state index in [9.17, 15) is 18.3 Å². The number of aliphatic hydroxyl groups is 1. The Hall–Kier alpha value is -5.03. The molecule has 0 spiro atoms. The second kappa shape index (κ2) is 12.9. The first-order valence-electron chi connectivity index (χ1n) is 13.2. The second-order valence-electron chi connectivity index (χ2n) is 9.41. The summed E-state index contributed by atoms with van der Waals surface area (Å²) in [6.45, 7) is 1.92. The molecule has 222 valence electrons. The number of hydrogen-bond acceptors (Lipinski definition) is 7. The van der Waals surface area contributed by atoms with E-state index >= 15 is 0 Å². The number of methoxy groups -OCH3 is 1. The quantitative estimate of drug-likeness (QED) is 0.176. The first-order chi connectivity index (χ1) is 20.7. The van der Waals surface area contributed by atoms with Gasteiger partial charge in [0.25, 0.3) is 0 Å². The van der Waals surface area contributed by atoms with Crippen LogP contribution in [0.2, 0.25) is 0 Å². The maximum atomic E-state index is 13.0. The number of aliphatic hydroxyl groups excluding tert-OH is 1. The Labute approximate surface area is 245 Å². The molecular formula is C32H28F3N3O5. The van der Waals surface area contributed by atoms with E-state index in [1.165, 1.54) is 30.0 Å². The van der Waals surface area contributed by atoms with Crippen LogP contribution in [-0.4, -0.2) is 33.6 Å². The average Bonchev–Trinajstić information content (AvgIpc) is 3.61. The first kappa shape index (κ1) is 29.5. The van der Waals surface area contributed by atoms with Gasteiger partial charge >= 0.3 is 6.18 Å². The lowest BCUT2D eigenvalue weighted by Crippen LogP contribution is -2.05. The molecule has 3 aromatic carbocycles. The Balaban J connectivity index is 1.28. The Morgan fingerprint density at radius 1 is 0.953 bits per heavy atom. The number of rotatable bonds is 11. The highest BCUT2D eigenvalue weighted by Gasteiger charge is 2.30. The standard InChI is InChI=1S/C32H28F3N3O5/c1-21-27(36-30(43-21)23-7-4-3-5-8-23)20-41-28-15-10-22(17-29(28)40-2)19-42-31-24(9-6-16-39)18-38(37-31)26-13-11-25(12-14-26)32(33,34)35/h3-15,17-18,39H,16,19-20H2,1-2H3. The van der Waals surface area contributed by atoms with Gasteiger partial charge in [0.1, 0.15) is 24.7 Å². The molecule has 0 radical (unpaired) electrons. The molecule has 43 heavy (non-hydrogen) atoms. The van der Waals surface area contributed by atoms with Gasteiger partial charge < -0.3 is 23.7 Å². The minimum absolute atomic E-state index is 0.115. The normalized spacial score (nSPS) is 11.7. The zero-order valence-electron chi connectivity index (χ0n) is 23.3. The van der Waals surface area contributed by atoms with Crippen LogP contribution in [-0.2, 0) is 19.4 Å². The van der Waals surface area contributed by atoms with E-state index in [1.54, 1.807) is 24.4 Å². The summed E-state index contributed by atoms with van der Waals surface area (Å²) in [5, 5.41) is 13.6.